The van der Waals surface area contributed by atoms with E-state index in [2.05, 4.69) is 38.2 Å². The highest BCUT2D eigenvalue weighted by Crippen LogP contribution is 2.51. The minimum atomic E-state index is -0.281. The van der Waals surface area contributed by atoms with Crippen molar-refractivity contribution in [2.24, 2.45) is 11.8 Å². The van der Waals surface area contributed by atoms with Gasteiger partial charge >= 0.3 is 5.97 Å². The first-order valence-corrected chi connectivity index (χ1v) is 14.5. The molecule has 5 rings (SSSR count). The molecule has 0 bridgehead atoms. The van der Waals surface area contributed by atoms with Gasteiger partial charge in [-0.3, -0.25) is 4.79 Å². The molecule has 0 aliphatic carbocycles. The van der Waals surface area contributed by atoms with Gasteiger partial charge < -0.3 is 28.3 Å². The second-order valence-corrected chi connectivity index (χ2v) is 11.9. The van der Waals surface area contributed by atoms with Crippen molar-refractivity contribution in [3.63, 3.8) is 0 Å². The number of hydrogen-bond acceptors (Lipinski definition) is 7. The zero-order valence-corrected chi connectivity index (χ0v) is 25.1. The van der Waals surface area contributed by atoms with E-state index < -0.39 is 0 Å². The molecule has 2 aromatic carbocycles. The van der Waals surface area contributed by atoms with Gasteiger partial charge in [0.25, 0.3) is 0 Å². The molecule has 0 unspecified atom stereocenters. The van der Waals surface area contributed by atoms with Crippen LogP contribution in [0.4, 0.5) is 0 Å². The molecule has 1 fully saturated rings. The molecule has 0 spiro atoms. The van der Waals surface area contributed by atoms with Crippen molar-refractivity contribution in [2.45, 2.75) is 58.0 Å². The lowest BCUT2D eigenvalue weighted by Gasteiger charge is -2.54. The van der Waals surface area contributed by atoms with Crippen LogP contribution in [0.1, 0.15) is 67.4 Å². The number of hydrogen-bond donors (Lipinski definition) is 0. The van der Waals surface area contributed by atoms with E-state index in [4.69, 9.17) is 23.8 Å². The van der Waals surface area contributed by atoms with Crippen molar-refractivity contribution in [3.05, 3.63) is 46.5 Å². The van der Waals surface area contributed by atoms with Crippen molar-refractivity contribution in [2.75, 3.05) is 55.1 Å². The fraction of sp³-hybridized carbons (Fsp3) is 0.594. The maximum Gasteiger partial charge on any atom is 0.322 e. The highest BCUT2D eigenvalue weighted by molar-refractivity contribution is 5.65. The molecule has 3 aliphatic heterocycles. The molecule has 5 atom stereocenters. The zero-order chi connectivity index (χ0) is 28.6. The minimum Gasteiger partial charge on any atom is -0.493 e. The molecule has 0 aromatic heterocycles. The van der Waals surface area contributed by atoms with Gasteiger partial charge in [-0.2, -0.15) is 0 Å². The van der Waals surface area contributed by atoms with Crippen LogP contribution in [0.15, 0.2) is 24.3 Å². The van der Waals surface area contributed by atoms with Gasteiger partial charge in [0, 0.05) is 37.8 Å². The Morgan fingerprint density at radius 1 is 0.875 bits per heavy atom. The normalized spacial score (nSPS) is 27.6. The van der Waals surface area contributed by atoms with E-state index in [-0.39, 0.29) is 12.0 Å². The first-order valence-electron chi connectivity index (χ1n) is 14.5. The van der Waals surface area contributed by atoms with E-state index in [1.165, 1.54) is 29.2 Å². The zero-order valence-electron chi connectivity index (χ0n) is 25.1. The Labute approximate surface area is 238 Å². The number of carbonyl (C=O) groups is 1. The quantitative estimate of drug-likeness (QED) is 0.412. The van der Waals surface area contributed by atoms with Gasteiger partial charge in [-0.1, -0.05) is 6.92 Å². The van der Waals surface area contributed by atoms with Crippen molar-refractivity contribution in [3.8, 4) is 23.0 Å². The average molecular weight is 554 g/mol. The Morgan fingerprint density at radius 2 is 1.45 bits per heavy atom. The molecule has 0 N–H and O–H groups in total. The predicted octanol–water partition coefficient (Wildman–Crippen LogP) is 5.28. The van der Waals surface area contributed by atoms with E-state index >= 15 is 0 Å². The van der Waals surface area contributed by atoms with Crippen LogP contribution in [0, 0.1) is 11.8 Å². The van der Waals surface area contributed by atoms with Gasteiger partial charge in [0.2, 0.25) is 0 Å². The summed E-state index contributed by atoms with van der Waals surface area (Å²) < 4.78 is 23.7. The molecule has 218 valence electrons. The first-order chi connectivity index (χ1) is 19.2. The number of nitrogens with zero attached hydrogens (tertiary/aromatic N) is 2. The molecule has 2 aromatic rings. The third-order valence-electron chi connectivity index (χ3n) is 9.74. The largest absolute Gasteiger partial charge is 0.493 e. The minimum absolute atomic E-state index is 0.0446. The summed E-state index contributed by atoms with van der Waals surface area (Å²) in [6.07, 6.45) is 4.94. The Balaban J connectivity index is 1.52. The van der Waals surface area contributed by atoms with E-state index in [0.29, 0.717) is 30.2 Å². The van der Waals surface area contributed by atoms with Crippen LogP contribution in [-0.2, 0) is 22.5 Å². The SMILES string of the molecule is CC[C@@H]1C[N@+]2(C)CCc3cc(OC)c(OC)cc3[C@@H]2C[C@@H]1C[C@@H]1c2cc(OC)c(OC)cc2CCN1OC(C)=O. The lowest BCUT2D eigenvalue weighted by atomic mass is 9.71. The number of fused-ring (bicyclic) bond motifs is 4. The summed E-state index contributed by atoms with van der Waals surface area (Å²) in [4.78, 5) is 18.0. The second-order valence-electron chi connectivity index (χ2n) is 11.9. The van der Waals surface area contributed by atoms with Crippen molar-refractivity contribution in [1.29, 1.82) is 0 Å². The number of hydroxylamine groups is 2. The first kappa shape index (κ1) is 28.6. The van der Waals surface area contributed by atoms with Crippen LogP contribution in [-0.4, -0.2) is 70.6 Å². The predicted molar refractivity (Wildman–Crippen MR) is 153 cm³/mol. The van der Waals surface area contributed by atoms with Crippen molar-refractivity contribution < 1.29 is 33.1 Å². The molecule has 0 saturated carbocycles. The third-order valence-corrected chi connectivity index (χ3v) is 9.74. The van der Waals surface area contributed by atoms with Gasteiger partial charge in [-0.25, -0.2) is 0 Å². The Kier molecular flexibility index (Phi) is 8.20. The lowest BCUT2D eigenvalue weighted by Crippen LogP contribution is -2.58. The van der Waals surface area contributed by atoms with E-state index in [0.717, 1.165) is 66.9 Å². The van der Waals surface area contributed by atoms with Gasteiger partial charge in [-0.15, -0.1) is 5.06 Å². The molecular formula is C32H45N2O6+. The molecule has 8 heteroatoms. The fourth-order valence-corrected chi connectivity index (χ4v) is 7.66. The molecule has 1 saturated heterocycles. The molecule has 0 radical (unpaired) electrons. The van der Waals surface area contributed by atoms with Crippen molar-refractivity contribution >= 4 is 5.97 Å². The molecule has 0 amide bonds. The maximum atomic E-state index is 12.2. The third kappa shape index (κ3) is 5.12. The van der Waals surface area contributed by atoms with Crippen LogP contribution in [0.3, 0.4) is 0 Å². The summed E-state index contributed by atoms with van der Waals surface area (Å²) in [6, 6.07) is 8.92. The number of carbonyl (C=O) groups excluding carboxylic acids is 1. The summed E-state index contributed by atoms with van der Waals surface area (Å²) in [5.74, 6) is 3.80. The molecule has 8 nitrogen and oxygen atoms in total. The summed E-state index contributed by atoms with van der Waals surface area (Å²) in [7, 11) is 9.19. The monoisotopic (exact) mass is 553 g/mol. The van der Waals surface area contributed by atoms with E-state index in [9.17, 15) is 4.79 Å². The number of quaternary nitrogens is 1. The molecule has 3 aliphatic rings. The standard InChI is InChI=1S/C32H45N2O6/c1-8-21-19-34(3)12-10-23-16-30(37-5)32(39-7)18-26(23)28(34)14-24(21)13-27-25-17-31(38-6)29(36-4)15-22(25)9-11-33(27)40-20(2)35/h15-18,21,24,27-28H,8-14,19H2,1-7H3/q+1/t21-,24+,27-,28+,34+/m1/s1. The van der Waals surface area contributed by atoms with Gasteiger partial charge in [0.15, 0.2) is 23.0 Å². The van der Waals surface area contributed by atoms with Crippen molar-refractivity contribution in [1.82, 2.24) is 5.06 Å². The maximum absolute atomic E-state index is 12.2. The van der Waals surface area contributed by atoms with Gasteiger partial charge in [0.1, 0.15) is 6.04 Å². The number of rotatable bonds is 8. The summed E-state index contributed by atoms with van der Waals surface area (Å²) in [6.45, 7) is 6.73. The second kappa shape index (κ2) is 11.5. The lowest BCUT2D eigenvalue weighted by molar-refractivity contribution is -0.951. The average Bonchev–Trinajstić information content (AvgIpc) is 2.96. The molecule has 3 heterocycles. The van der Waals surface area contributed by atoms with E-state index in [1.54, 1.807) is 28.4 Å². The summed E-state index contributed by atoms with van der Waals surface area (Å²) >= 11 is 0. The van der Waals surface area contributed by atoms with Crippen LogP contribution < -0.4 is 18.9 Å². The number of likely N-dealkylation sites (N-methyl/N-ethyl adjacent to an activating group) is 1. The molecular weight excluding hydrogens is 508 g/mol. The topological polar surface area (TPSA) is 66.5 Å². The van der Waals surface area contributed by atoms with Crippen LogP contribution in [0.2, 0.25) is 0 Å². The van der Waals surface area contributed by atoms with Gasteiger partial charge in [-0.05, 0) is 66.1 Å². The number of ether oxygens (including phenoxy) is 4. The van der Waals surface area contributed by atoms with Gasteiger partial charge in [0.05, 0.1) is 54.6 Å². The molecule has 40 heavy (non-hydrogen) atoms. The van der Waals surface area contributed by atoms with E-state index in [1.807, 2.05) is 5.06 Å². The summed E-state index contributed by atoms with van der Waals surface area (Å²) in [5, 5.41) is 1.91. The Bertz CT molecular complexity index is 1250. The smallest absolute Gasteiger partial charge is 0.322 e. The number of methoxy groups -OCH3 is 4. The van der Waals surface area contributed by atoms with Crippen LogP contribution in [0.25, 0.3) is 0 Å². The highest BCUT2D eigenvalue weighted by atomic mass is 16.7. The Hall–Kier alpha value is -2.97. The summed E-state index contributed by atoms with van der Waals surface area (Å²) in [5.41, 5.74) is 5.15. The number of piperidine rings is 1. The number of benzene rings is 2. The van der Waals surface area contributed by atoms with Crippen LogP contribution >= 0.6 is 0 Å². The fourth-order valence-electron chi connectivity index (χ4n) is 7.66. The Morgan fingerprint density at radius 3 is 2.02 bits per heavy atom. The highest BCUT2D eigenvalue weighted by Gasteiger charge is 2.49. The van der Waals surface area contributed by atoms with Crippen LogP contribution in [0.5, 0.6) is 23.0 Å².